The topological polar surface area (TPSA) is 91.8 Å². The van der Waals surface area contributed by atoms with Crippen molar-refractivity contribution >= 4 is 29.1 Å². The Labute approximate surface area is 211 Å². The smallest absolute Gasteiger partial charge is 0.245 e. The van der Waals surface area contributed by atoms with Gasteiger partial charge in [0.05, 0.1) is 29.1 Å². The van der Waals surface area contributed by atoms with Crippen molar-refractivity contribution in [3.63, 3.8) is 0 Å². The zero-order valence-electron chi connectivity index (χ0n) is 21.2. The summed E-state index contributed by atoms with van der Waals surface area (Å²) in [6.45, 7) is 7.01. The quantitative estimate of drug-likeness (QED) is 0.541. The summed E-state index contributed by atoms with van der Waals surface area (Å²) in [4.78, 5) is 47.4. The third-order valence-corrected chi connectivity index (χ3v) is 7.81. The van der Waals surface area contributed by atoms with Crippen molar-refractivity contribution in [1.29, 1.82) is 0 Å². The van der Waals surface area contributed by atoms with E-state index in [9.17, 15) is 14.4 Å². The fourth-order valence-electron chi connectivity index (χ4n) is 4.36. The van der Waals surface area contributed by atoms with Gasteiger partial charge in [-0.3, -0.25) is 14.4 Å². The molecule has 1 aromatic carbocycles. The predicted octanol–water partition coefficient (Wildman–Crippen LogP) is 3.25. The fourth-order valence-corrected chi connectivity index (χ4v) is 5.17. The van der Waals surface area contributed by atoms with E-state index < -0.39 is 12.1 Å². The van der Waals surface area contributed by atoms with Crippen LogP contribution in [-0.4, -0.2) is 71.9 Å². The molecule has 3 amide bonds. The zero-order valence-corrected chi connectivity index (χ0v) is 22.1. The molecule has 9 heteroatoms. The molecular formula is C26H36N4O4S. The van der Waals surface area contributed by atoms with Crippen molar-refractivity contribution in [2.75, 3.05) is 27.3 Å². The molecule has 1 aliphatic rings. The van der Waals surface area contributed by atoms with E-state index in [0.29, 0.717) is 26.1 Å². The van der Waals surface area contributed by atoms with E-state index in [-0.39, 0.29) is 30.1 Å². The van der Waals surface area contributed by atoms with Crippen molar-refractivity contribution in [2.45, 2.75) is 58.7 Å². The van der Waals surface area contributed by atoms with Crippen LogP contribution in [0.15, 0.2) is 29.8 Å². The second-order valence-electron chi connectivity index (χ2n) is 9.12. The van der Waals surface area contributed by atoms with E-state index in [2.05, 4.69) is 17.2 Å². The number of carbonyl (C=O) groups excluding carboxylic acids is 3. The first-order valence-electron chi connectivity index (χ1n) is 12.1. The Morgan fingerprint density at radius 2 is 2.00 bits per heavy atom. The number of methoxy groups -OCH3 is 1. The average molecular weight is 501 g/mol. The molecule has 2 heterocycles. The molecule has 0 spiro atoms. The molecule has 8 nitrogen and oxygen atoms in total. The highest BCUT2D eigenvalue weighted by Gasteiger charge is 2.41. The molecule has 1 saturated heterocycles. The zero-order chi connectivity index (χ0) is 25.5. The van der Waals surface area contributed by atoms with Gasteiger partial charge < -0.3 is 19.9 Å². The summed E-state index contributed by atoms with van der Waals surface area (Å²) < 4.78 is 4.98. The third kappa shape index (κ3) is 6.46. The van der Waals surface area contributed by atoms with Gasteiger partial charge in [0.25, 0.3) is 0 Å². The van der Waals surface area contributed by atoms with Gasteiger partial charge in [0.15, 0.2) is 0 Å². The van der Waals surface area contributed by atoms with Crippen LogP contribution in [0.4, 0.5) is 0 Å². The predicted molar refractivity (Wildman–Crippen MR) is 137 cm³/mol. The number of hydrogen-bond acceptors (Lipinski definition) is 6. The molecule has 3 atom stereocenters. The van der Waals surface area contributed by atoms with Gasteiger partial charge in [-0.25, -0.2) is 4.98 Å². The van der Waals surface area contributed by atoms with Gasteiger partial charge >= 0.3 is 0 Å². The molecule has 1 N–H and O–H groups in total. The molecule has 2 aromatic rings. The Morgan fingerprint density at radius 1 is 1.29 bits per heavy atom. The summed E-state index contributed by atoms with van der Waals surface area (Å²) >= 11 is 1.61. The maximum atomic E-state index is 13.3. The third-order valence-electron chi connectivity index (χ3n) is 6.83. The monoisotopic (exact) mass is 500 g/mol. The summed E-state index contributed by atoms with van der Waals surface area (Å²) in [5.41, 5.74) is 4.94. The number of rotatable bonds is 10. The number of aromatic nitrogens is 1. The molecule has 1 aromatic heterocycles. The lowest BCUT2D eigenvalue weighted by Gasteiger charge is -2.31. The summed E-state index contributed by atoms with van der Waals surface area (Å²) in [5, 5.41) is 3.02. The van der Waals surface area contributed by atoms with Gasteiger partial charge in [-0.05, 0) is 37.3 Å². The SMILES string of the molecule is CCC1CC(C(=O)NCc2ccc(-c3scnc3C)cc2)N(C(=O)C(C)N(C)C(=O)CCOC)C1. The van der Waals surface area contributed by atoms with Gasteiger partial charge in [0, 0.05) is 27.2 Å². The molecule has 3 unspecified atom stereocenters. The highest BCUT2D eigenvalue weighted by atomic mass is 32.1. The number of ether oxygens (including phenoxy) is 1. The molecule has 1 fully saturated rings. The van der Waals surface area contributed by atoms with Crippen LogP contribution >= 0.6 is 11.3 Å². The molecule has 0 radical (unpaired) electrons. The van der Waals surface area contributed by atoms with Crippen LogP contribution in [-0.2, 0) is 25.7 Å². The number of thiazole rings is 1. The summed E-state index contributed by atoms with van der Waals surface area (Å²) in [5.74, 6) is -0.244. The van der Waals surface area contributed by atoms with Crippen LogP contribution in [0.1, 0.15) is 44.4 Å². The lowest BCUT2D eigenvalue weighted by Crippen LogP contribution is -2.52. The van der Waals surface area contributed by atoms with E-state index in [0.717, 1.165) is 28.1 Å². The number of nitrogens with one attached hydrogen (secondary N) is 1. The largest absolute Gasteiger partial charge is 0.384 e. The molecule has 1 aliphatic heterocycles. The Bertz CT molecular complexity index is 1020. The Kier molecular flexibility index (Phi) is 9.40. The van der Waals surface area contributed by atoms with Crippen LogP contribution in [0.5, 0.6) is 0 Å². The van der Waals surface area contributed by atoms with Crippen LogP contribution < -0.4 is 5.32 Å². The molecule has 0 aliphatic carbocycles. The van der Waals surface area contributed by atoms with E-state index in [1.165, 1.54) is 12.0 Å². The molecule has 190 valence electrons. The lowest BCUT2D eigenvalue weighted by atomic mass is 10.0. The average Bonchev–Trinajstić information content (AvgIpc) is 3.51. The fraction of sp³-hybridized carbons (Fsp3) is 0.538. The highest BCUT2D eigenvalue weighted by molar-refractivity contribution is 7.13. The maximum absolute atomic E-state index is 13.3. The lowest BCUT2D eigenvalue weighted by molar-refractivity contribution is -0.147. The van der Waals surface area contributed by atoms with Gasteiger partial charge in [-0.15, -0.1) is 11.3 Å². The minimum absolute atomic E-state index is 0.155. The van der Waals surface area contributed by atoms with Crippen LogP contribution in [0.2, 0.25) is 0 Å². The normalized spacial score (nSPS) is 18.4. The highest BCUT2D eigenvalue weighted by Crippen LogP contribution is 2.28. The minimum atomic E-state index is -0.645. The Morgan fingerprint density at radius 3 is 2.60 bits per heavy atom. The summed E-state index contributed by atoms with van der Waals surface area (Å²) in [6.07, 6.45) is 1.74. The number of likely N-dealkylation sites (N-methyl/N-ethyl adjacent to an activating group) is 1. The van der Waals surface area contributed by atoms with Crippen LogP contribution in [0, 0.1) is 12.8 Å². The first-order valence-corrected chi connectivity index (χ1v) is 13.0. The summed E-state index contributed by atoms with van der Waals surface area (Å²) in [6, 6.07) is 6.91. The van der Waals surface area contributed by atoms with Crippen LogP contribution in [0.3, 0.4) is 0 Å². The van der Waals surface area contributed by atoms with Crippen molar-refractivity contribution < 1.29 is 19.1 Å². The van der Waals surface area contributed by atoms with Crippen molar-refractivity contribution in [2.24, 2.45) is 5.92 Å². The van der Waals surface area contributed by atoms with Crippen molar-refractivity contribution in [3.8, 4) is 10.4 Å². The number of aryl methyl sites for hydroxylation is 1. The molecular weight excluding hydrogens is 464 g/mol. The number of hydrogen-bond donors (Lipinski definition) is 1. The molecule has 0 bridgehead atoms. The van der Waals surface area contributed by atoms with E-state index >= 15 is 0 Å². The molecule has 0 saturated carbocycles. The standard InChI is InChI=1S/C26H36N4O4S/c1-6-19-13-22(30(15-19)26(33)18(3)29(4)23(31)11-12-34-5)25(32)27-14-20-7-9-21(10-8-20)24-17(2)28-16-35-24/h7-10,16,18-19,22H,6,11-15H2,1-5H3,(H,27,32). The minimum Gasteiger partial charge on any atom is -0.384 e. The second kappa shape index (κ2) is 12.3. The van der Waals surface area contributed by atoms with Gasteiger partial charge in [-0.1, -0.05) is 37.6 Å². The van der Waals surface area contributed by atoms with Crippen LogP contribution in [0.25, 0.3) is 10.4 Å². The first kappa shape index (κ1) is 26.8. The van der Waals surface area contributed by atoms with Gasteiger partial charge in [0.1, 0.15) is 12.1 Å². The van der Waals surface area contributed by atoms with Crippen molar-refractivity contribution in [1.82, 2.24) is 20.1 Å². The van der Waals surface area contributed by atoms with Gasteiger partial charge in [0.2, 0.25) is 17.7 Å². The number of carbonyl (C=O) groups is 3. The number of nitrogens with zero attached hydrogens (tertiary/aromatic N) is 3. The number of amides is 3. The van der Waals surface area contributed by atoms with Gasteiger partial charge in [-0.2, -0.15) is 0 Å². The first-order chi connectivity index (χ1) is 16.8. The second-order valence-corrected chi connectivity index (χ2v) is 9.98. The molecule has 3 rings (SSSR count). The van der Waals surface area contributed by atoms with E-state index in [4.69, 9.17) is 4.74 Å². The Balaban J connectivity index is 1.63. The summed E-state index contributed by atoms with van der Waals surface area (Å²) in [7, 11) is 3.16. The molecule has 35 heavy (non-hydrogen) atoms. The number of likely N-dealkylation sites (tertiary alicyclic amines) is 1. The maximum Gasteiger partial charge on any atom is 0.245 e. The van der Waals surface area contributed by atoms with E-state index in [1.54, 1.807) is 30.2 Å². The van der Waals surface area contributed by atoms with E-state index in [1.807, 2.05) is 36.7 Å². The van der Waals surface area contributed by atoms with Crippen molar-refractivity contribution in [3.05, 3.63) is 41.0 Å². The Hall–Kier alpha value is -2.78. The number of benzene rings is 1.